The van der Waals surface area contributed by atoms with Gasteiger partial charge in [0.05, 0.1) is 11.6 Å². The zero-order chi connectivity index (χ0) is 14.6. The first-order valence-corrected chi connectivity index (χ1v) is 7.76. The van der Waals surface area contributed by atoms with E-state index in [9.17, 15) is 0 Å². The molecule has 2 nitrogen and oxygen atoms in total. The Morgan fingerprint density at radius 3 is 2.55 bits per heavy atom. The molecule has 1 fully saturated rings. The van der Waals surface area contributed by atoms with Crippen molar-refractivity contribution in [1.82, 2.24) is 5.32 Å². The van der Waals surface area contributed by atoms with Crippen LogP contribution in [0.5, 0.6) is 0 Å². The maximum absolute atomic E-state index is 8.84. The molecule has 0 bridgehead atoms. The highest BCUT2D eigenvalue weighted by molar-refractivity contribution is 5.32. The molecule has 2 unspecified atom stereocenters. The lowest BCUT2D eigenvalue weighted by atomic mass is 9.85. The second-order valence-electron chi connectivity index (χ2n) is 6.91. The average Bonchev–Trinajstić information content (AvgIpc) is 2.60. The van der Waals surface area contributed by atoms with Crippen molar-refractivity contribution in [2.45, 2.75) is 65.0 Å². The van der Waals surface area contributed by atoms with E-state index in [2.05, 4.69) is 44.3 Å². The van der Waals surface area contributed by atoms with Gasteiger partial charge in [-0.2, -0.15) is 5.26 Å². The standard InChI is InChI=1S/C18H26N2/c1-14(16-8-6-15(13-19)7-9-16)20-17-5-4-11-18(2,3)12-10-17/h6-9,14,17,20H,4-5,10-12H2,1-3H3. The van der Waals surface area contributed by atoms with Crippen molar-refractivity contribution < 1.29 is 0 Å². The van der Waals surface area contributed by atoms with Crippen LogP contribution in [0.3, 0.4) is 0 Å². The Labute approximate surface area is 123 Å². The fourth-order valence-corrected chi connectivity index (χ4v) is 3.12. The van der Waals surface area contributed by atoms with Gasteiger partial charge in [0.2, 0.25) is 0 Å². The summed E-state index contributed by atoms with van der Waals surface area (Å²) in [5.74, 6) is 0. The normalized spacial score (nSPS) is 23.6. The van der Waals surface area contributed by atoms with Gasteiger partial charge in [0.25, 0.3) is 0 Å². The van der Waals surface area contributed by atoms with Gasteiger partial charge in [-0.25, -0.2) is 0 Å². The van der Waals surface area contributed by atoms with Crippen LogP contribution in [0.25, 0.3) is 0 Å². The van der Waals surface area contributed by atoms with Crippen molar-refractivity contribution >= 4 is 0 Å². The molecule has 2 heteroatoms. The first-order valence-electron chi connectivity index (χ1n) is 7.76. The Morgan fingerprint density at radius 2 is 1.90 bits per heavy atom. The molecule has 1 N–H and O–H groups in total. The van der Waals surface area contributed by atoms with Crippen molar-refractivity contribution in [2.75, 3.05) is 0 Å². The zero-order valence-corrected chi connectivity index (χ0v) is 12.9. The molecule has 0 saturated heterocycles. The lowest BCUT2D eigenvalue weighted by molar-refractivity contribution is 0.307. The minimum Gasteiger partial charge on any atom is -0.307 e. The van der Waals surface area contributed by atoms with E-state index in [0.29, 0.717) is 17.5 Å². The molecular weight excluding hydrogens is 244 g/mol. The highest BCUT2D eigenvalue weighted by atomic mass is 14.9. The highest BCUT2D eigenvalue weighted by Gasteiger charge is 2.25. The van der Waals surface area contributed by atoms with Crippen molar-refractivity contribution in [2.24, 2.45) is 5.41 Å². The third-order valence-electron chi connectivity index (χ3n) is 4.60. The van der Waals surface area contributed by atoms with Crippen LogP contribution in [0.2, 0.25) is 0 Å². The molecular formula is C18H26N2. The summed E-state index contributed by atoms with van der Waals surface area (Å²) in [6, 6.07) is 11.1. The quantitative estimate of drug-likeness (QED) is 0.817. The second-order valence-corrected chi connectivity index (χ2v) is 6.91. The number of nitriles is 1. The molecule has 0 amide bonds. The number of hydrogen-bond acceptors (Lipinski definition) is 2. The van der Waals surface area contributed by atoms with Crippen LogP contribution in [0.15, 0.2) is 24.3 Å². The monoisotopic (exact) mass is 270 g/mol. The number of rotatable bonds is 3. The van der Waals surface area contributed by atoms with E-state index in [1.807, 2.05) is 12.1 Å². The van der Waals surface area contributed by atoms with Gasteiger partial charge in [0.1, 0.15) is 0 Å². The molecule has 1 aliphatic carbocycles. The minimum atomic E-state index is 0.356. The zero-order valence-electron chi connectivity index (χ0n) is 12.9. The fraction of sp³-hybridized carbons (Fsp3) is 0.611. The molecule has 0 radical (unpaired) electrons. The molecule has 2 rings (SSSR count). The van der Waals surface area contributed by atoms with Gasteiger partial charge in [0, 0.05) is 12.1 Å². The van der Waals surface area contributed by atoms with Crippen LogP contribution >= 0.6 is 0 Å². The third kappa shape index (κ3) is 4.08. The van der Waals surface area contributed by atoms with Gasteiger partial charge >= 0.3 is 0 Å². The Hall–Kier alpha value is -1.33. The first kappa shape index (κ1) is 15.1. The van der Waals surface area contributed by atoms with Crippen LogP contribution in [0, 0.1) is 16.7 Å². The van der Waals surface area contributed by atoms with E-state index in [1.54, 1.807) is 0 Å². The van der Waals surface area contributed by atoms with Crippen LogP contribution in [-0.4, -0.2) is 6.04 Å². The van der Waals surface area contributed by atoms with Crippen LogP contribution in [0.1, 0.15) is 70.0 Å². The Kier molecular flexibility index (Phi) is 4.83. The predicted molar refractivity (Wildman–Crippen MR) is 83.4 cm³/mol. The molecule has 108 valence electrons. The topological polar surface area (TPSA) is 35.8 Å². The summed E-state index contributed by atoms with van der Waals surface area (Å²) in [5, 5.41) is 12.6. The van der Waals surface area contributed by atoms with Gasteiger partial charge < -0.3 is 5.32 Å². The van der Waals surface area contributed by atoms with Crippen molar-refractivity contribution in [3.63, 3.8) is 0 Å². The number of nitrogens with zero attached hydrogens (tertiary/aromatic N) is 1. The minimum absolute atomic E-state index is 0.356. The maximum Gasteiger partial charge on any atom is 0.0991 e. The van der Waals surface area contributed by atoms with Gasteiger partial charge in [-0.05, 0) is 55.7 Å². The number of benzene rings is 1. The summed E-state index contributed by atoms with van der Waals surface area (Å²) >= 11 is 0. The molecule has 0 heterocycles. The predicted octanol–water partition coefficient (Wildman–Crippen LogP) is 4.57. The molecule has 0 spiro atoms. The van der Waals surface area contributed by atoms with Crippen LogP contribution in [0.4, 0.5) is 0 Å². The SMILES string of the molecule is CC(NC1CCCC(C)(C)CC1)c1ccc(C#N)cc1. The Balaban J connectivity index is 1.93. The largest absolute Gasteiger partial charge is 0.307 e. The summed E-state index contributed by atoms with van der Waals surface area (Å²) in [5.41, 5.74) is 2.51. The van der Waals surface area contributed by atoms with E-state index in [0.717, 1.165) is 5.56 Å². The van der Waals surface area contributed by atoms with Crippen molar-refractivity contribution in [1.29, 1.82) is 5.26 Å². The molecule has 2 atom stereocenters. The molecule has 1 aliphatic rings. The van der Waals surface area contributed by atoms with E-state index in [-0.39, 0.29) is 0 Å². The average molecular weight is 270 g/mol. The van der Waals surface area contributed by atoms with E-state index >= 15 is 0 Å². The van der Waals surface area contributed by atoms with Crippen molar-refractivity contribution in [3.8, 4) is 6.07 Å². The smallest absolute Gasteiger partial charge is 0.0991 e. The molecule has 1 aromatic carbocycles. The molecule has 0 aromatic heterocycles. The van der Waals surface area contributed by atoms with Gasteiger partial charge in [-0.3, -0.25) is 0 Å². The van der Waals surface area contributed by atoms with Crippen LogP contribution < -0.4 is 5.32 Å². The first-order chi connectivity index (χ1) is 9.50. The third-order valence-corrected chi connectivity index (χ3v) is 4.60. The summed E-state index contributed by atoms with van der Waals surface area (Å²) in [6.07, 6.45) is 6.53. The lowest BCUT2D eigenvalue weighted by Gasteiger charge is -2.24. The van der Waals surface area contributed by atoms with E-state index in [4.69, 9.17) is 5.26 Å². The molecule has 0 aliphatic heterocycles. The Bertz CT molecular complexity index is 467. The summed E-state index contributed by atoms with van der Waals surface area (Å²) in [7, 11) is 0. The summed E-state index contributed by atoms with van der Waals surface area (Å²) < 4.78 is 0. The number of nitrogens with one attached hydrogen (secondary N) is 1. The van der Waals surface area contributed by atoms with Gasteiger partial charge in [-0.15, -0.1) is 0 Å². The van der Waals surface area contributed by atoms with E-state index < -0.39 is 0 Å². The molecule has 1 aromatic rings. The second kappa shape index (κ2) is 6.41. The van der Waals surface area contributed by atoms with Gasteiger partial charge in [-0.1, -0.05) is 32.4 Å². The van der Waals surface area contributed by atoms with Crippen molar-refractivity contribution in [3.05, 3.63) is 35.4 Å². The number of hydrogen-bond donors (Lipinski definition) is 1. The van der Waals surface area contributed by atoms with Gasteiger partial charge in [0.15, 0.2) is 0 Å². The molecule has 1 saturated carbocycles. The lowest BCUT2D eigenvalue weighted by Crippen LogP contribution is -2.31. The van der Waals surface area contributed by atoms with Crippen LogP contribution in [-0.2, 0) is 0 Å². The maximum atomic E-state index is 8.84. The van der Waals surface area contributed by atoms with E-state index in [1.165, 1.54) is 37.7 Å². The molecule has 20 heavy (non-hydrogen) atoms. The highest BCUT2D eigenvalue weighted by Crippen LogP contribution is 2.34. The summed E-state index contributed by atoms with van der Waals surface area (Å²) in [6.45, 7) is 7.00. The Morgan fingerprint density at radius 1 is 1.20 bits per heavy atom. The fourth-order valence-electron chi connectivity index (χ4n) is 3.12. The summed E-state index contributed by atoms with van der Waals surface area (Å²) in [4.78, 5) is 0.